The maximum Gasteiger partial charge on any atom is 0.276 e. The Morgan fingerprint density at radius 2 is 2.00 bits per heavy atom. The van der Waals surface area contributed by atoms with Crippen molar-refractivity contribution in [2.24, 2.45) is 0 Å². The molecule has 1 N–H and O–H groups in total. The largest absolute Gasteiger partial charge is 0.311 e. The molecule has 128 valence electrons. The Morgan fingerprint density at radius 1 is 1.15 bits per heavy atom. The van der Waals surface area contributed by atoms with E-state index in [2.05, 4.69) is 25.3 Å². The lowest BCUT2D eigenvalue weighted by Crippen LogP contribution is -2.11. The van der Waals surface area contributed by atoms with Crippen LogP contribution < -0.4 is 5.32 Å². The monoisotopic (exact) mass is 362 g/mol. The van der Waals surface area contributed by atoms with Crippen molar-refractivity contribution >= 4 is 22.2 Å². The van der Waals surface area contributed by atoms with Gasteiger partial charge in [-0.25, -0.2) is 15.0 Å². The number of imidazole rings is 1. The number of carbonyl (C=O) groups is 1. The van der Waals surface area contributed by atoms with E-state index < -0.39 is 0 Å². The van der Waals surface area contributed by atoms with Gasteiger partial charge in [-0.15, -0.1) is 0 Å². The van der Waals surface area contributed by atoms with Crippen LogP contribution in [0.2, 0.25) is 0 Å². The quantitative estimate of drug-likeness (QED) is 0.602. The minimum absolute atomic E-state index is 0.290. The number of hydrogen-bond donors (Lipinski definition) is 1. The standard InChI is InChI=1S/C18H14N6OS/c1-12-3-2-4-15(22-12)24-10-14(21-11-24)17(25)23-16-9-20-18(26-16)13-5-7-19-8-6-13/h2-11H,1H3,(H,23,25). The summed E-state index contributed by atoms with van der Waals surface area (Å²) in [6.07, 6.45) is 8.28. The van der Waals surface area contributed by atoms with Gasteiger partial charge in [0.2, 0.25) is 0 Å². The SMILES string of the molecule is Cc1cccc(-n2cnc(C(=O)Nc3cnc(-c4ccncc4)s3)c2)n1. The summed E-state index contributed by atoms with van der Waals surface area (Å²) in [7, 11) is 0. The van der Waals surface area contributed by atoms with Crippen LogP contribution in [0.25, 0.3) is 16.4 Å². The Morgan fingerprint density at radius 3 is 2.81 bits per heavy atom. The average molecular weight is 362 g/mol. The number of aryl methyl sites for hydroxylation is 1. The van der Waals surface area contributed by atoms with Crippen molar-refractivity contribution in [2.75, 3.05) is 5.32 Å². The molecule has 4 rings (SSSR count). The predicted octanol–water partition coefficient (Wildman–Crippen LogP) is 3.35. The Hall–Kier alpha value is -3.39. The van der Waals surface area contributed by atoms with Crippen molar-refractivity contribution in [1.29, 1.82) is 0 Å². The molecule has 0 fully saturated rings. The van der Waals surface area contributed by atoms with Gasteiger partial charge in [-0.1, -0.05) is 17.4 Å². The fraction of sp³-hybridized carbons (Fsp3) is 0.0556. The molecule has 0 aromatic carbocycles. The first kappa shape index (κ1) is 16.1. The minimum Gasteiger partial charge on any atom is -0.311 e. The van der Waals surface area contributed by atoms with Gasteiger partial charge in [0, 0.05) is 29.8 Å². The third-order valence-electron chi connectivity index (χ3n) is 3.62. The second kappa shape index (κ2) is 6.85. The summed E-state index contributed by atoms with van der Waals surface area (Å²) in [6, 6.07) is 9.44. The van der Waals surface area contributed by atoms with E-state index >= 15 is 0 Å². The summed E-state index contributed by atoms with van der Waals surface area (Å²) in [4.78, 5) is 29.3. The van der Waals surface area contributed by atoms with Gasteiger partial charge in [0.25, 0.3) is 5.91 Å². The summed E-state index contributed by atoms with van der Waals surface area (Å²) in [5.74, 6) is 0.427. The molecule has 4 aromatic heterocycles. The highest BCUT2D eigenvalue weighted by molar-refractivity contribution is 7.19. The van der Waals surface area contributed by atoms with Gasteiger partial charge >= 0.3 is 0 Å². The second-order valence-corrected chi connectivity index (χ2v) is 6.55. The lowest BCUT2D eigenvalue weighted by atomic mass is 10.3. The number of pyridine rings is 2. The first-order valence-corrected chi connectivity index (χ1v) is 8.66. The molecule has 7 nitrogen and oxygen atoms in total. The number of rotatable bonds is 4. The van der Waals surface area contributed by atoms with Crippen molar-refractivity contribution < 1.29 is 4.79 Å². The van der Waals surface area contributed by atoms with Crippen molar-refractivity contribution in [3.63, 3.8) is 0 Å². The maximum absolute atomic E-state index is 12.4. The third-order valence-corrected chi connectivity index (χ3v) is 4.58. The number of thiazole rings is 1. The molecule has 26 heavy (non-hydrogen) atoms. The zero-order chi connectivity index (χ0) is 17.9. The first-order chi connectivity index (χ1) is 12.7. The molecule has 4 aromatic rings. The summed E-state index contributed by atoms with van der Waals surface area (Å²) in [5.41, 5.74) is 2.17. The van der Waals surface area contributed by atoms with Crippen molar-refractivity contribution in [1.82, 2.24) is 24.5 Å². The molecular formula is C18H14N6OS. The Balaban J connectivity index is 1.50. The van der Waals surface area contributed by atoms with Crippen LogP contribution in [-0.4, -0.2) is 30.4 Å². The van der Waals surface area contributed by atoms with Crippen LogP contribution in [0.3, 0.4) is 0 Å². The van der Waals surface area contributed by atoms with E-state index in [-0.39, 0.29) is 5.91 Å². The molecular weight excluding hydrogens is 348 g/mol. The van der Waals surface area contributed by atoms with Crippen LogP contribution in [0.15, 0.2) is 61.4 Å². The zero-order valence-corrected chi connectivity index (χ0v) is 14.6. The topological polar surface area (TPSA) is 85.6 Å². The van der Waals surface area contributed by atoms with E-state index in [9.17, 15) is 4.79 Å². The number of nitrogens with one attached hydrogen (secondary N) is 1. The minimum atomic E-state index is -0.290. The molecule has 0 unspecified atom stereocenters. The van der Waals surface area contributed by atoms with E-state index in [0.717, 1.165) is 16.3 Å². The molecule has 0 atom stereocenters. The Bertz CT molecular complexity index is 1060. The lowest BCUT2D eigenvalue weighted by molar-refractivity contribution is 0.102. The van der Waals surface area contributed by atoms with E-state index in [1.54, 1.807) is 35.7 Å². The molecule has 0 saturated carbocycles. The zero-order valence-electron chi connectivity index (χ0n) is 13.8. The van der Waals surface area contributed by atoms with Crippen molar-refractivity contribution in [3.8, 4) is 16.4 Å². The van der Waals surface area contributed by atoms with Crippen LogP contribution in [0.5, 0.6) is 0 Å². The number of hydrogen-bond acceptors (Lipinski definition) is 6. The van der Waals surface area contributed by atoms with Crippen molar-refractivity contribution in [2.45, 2.75) is 6.92 Å². The molecule has 4 heterocycles. The first-order valence-electron chi connectivity index (χ1n) is 7.84. The van der Waals surface area contributed by atoms with Gasteiger partial charge in [-0.05, 0) is 31.2 Å². The van der Waals surface area contributed by atoms with Gasteiger partial charge in [-0.2, -0.15) is 0 Å². The van der Waals surface area contributed by atoms with Gasteiger partial charge in [0.1, 0.15) is 27.8 Å². The molecule has 0 aliphatic rings. The molecule has 8 heteroatoms. The number of amides is 1. The molecule has 0 aliphatic heterocycles. The van der Waals surface area contributed by atoms with E-state index in [4.69, 9.17) is 0 Å². The maximum atomic E-state index is 12.4. The van der Waals surface area contributed by atoms with Gasteiger partial charge in [-0.3, -0.25) is 14.3 Å². The molecule has 0 bridgehead atoms. The highest BCUT2D eigenvalue weighted by Gasteiger charge is 2.13. The smallest absolute Gasteiger partial charge is 0.276 e. The number of nitrogens with zero attached hydrogens (tertiary/aromatic N) is 5. The summed E-state index contributed by atoms with van der Waals surface area (Å²) >= 11 is 1.40. The van der Waals surface area contributed by atoms with E-state index in [1.165, 1.54) is 11.3 Å². The number of anilines is 1. The molecule has 0 radical (unpaired) electrons. The van der Waals surface area contributed by atoms with Crippen LogP contribution in [0.4, 0.5) is 5.00 Å². The highest BCUT2D eigenvalue weighted by atomic mass is 32.1. The Kier molecular flexibility index (Phi) is 4.24. The van der Waals surface area contributed by atoms with Gasteiger partial charge in [0.05, 0.1) is 6.20 Å². The van der Waals surface area contributed by atoms with Crippen LogP contribution in [0.1, 0.15) is 16.2 Å². The molecule has 0 spiro atoms. The molecule has 0 aliphatic carbocycles. The summed E-state index contributed by atoms with van der Waals surface area (Å²) in [5, 5.41) is 4.30. The van der Waals surface area contributed by atoms with E-state index in [1.807, 2.05) is 37.3 Å². The normalized spacial score (nSPS) is 10.7. The predicted molar refractivity (Wildman–Crippen MR) is 99.4 cm³/mol. The van der Waals surface area contributed by atoms with Crippen LogP contribution in [-0.2, 0) is 0 Å². The van der Waals surface area contributed by atoms with Crippen LogP contribution in [0, 0.1) is 6.92 Å². The fourth-order valence-electron chi connectivity index (χ4n) is 2.37. The van der Waals surface area contributed by atoms with Crippen LogP contribution >= 0.6 is 11.3 Å². The molecule has 0 saturated heterocycles. The number of carbonyl (C=O) groups excluding carboxylic acids is 1. The van der Waals surface area contributed by atoms with Gasteiger partial charge in [0.15, 0.2) is 0 Å². The fourth-order valence-corrected chi connectivity index (χ4v) is 3.19. The highest BCUT2D eigenvalue weighted by Crippen LogP contribution is 2.28. The van der Waals surface area contributed by atoms with Gasteiger partial charge < -0.3 is 5.32 Å². The average Bonchev–Trinajstić information content (AvgIpc) is 3.32. The Labute approximate surface area is 153 Å². The summed E-state index contributed by atoms with van der Waals surface area (Å²) in [6.45, 7) is 1.91. The number of aromatic nitrogens is 5. The second-order valence-electron chi connectivity index (χ2n) is 5.52. The van der Waals surface area contributed by atoms with Crippen molar-refractivity contribution in [3.05, 3.63) is 72.8 Å². The third kappa shape index (κ3) is 3.35. The van der Waals surface area contributed by atoms with E-state index in [0.29, 0.717) is 16.5 Å². The summed E-state index contributed by atoms with van der Waals surface area (Å²) < 4.78 is 1.72. The molecule has 1 amide bonds. The lowest BCUT2D eigenvalue weighted by Gasteiger charge is -2.01.